The Morgan fingerprint density at radius 1 is 1.30 bits per heavy atom. The maximum atomic E-state index is 11.9. The van der Waals surface area contributed by atoms with Crippen molar-refractivity contribution in [1.29, 1.82) is 0 Å². The Kier molecular flexibility index (Phi) is 4.28. The molecule has 0 aliphatic rings. The van der Waals surface area contributed by atoms with E-state index >= 15 is 0 Å². The molecule has 1 rings (SSSR count). The summed E-state index contributed by atoms with van der Waals surface area (Å²) >= 11 is 0. The summed E-state index contributed by atoms with van der Waals surface area (Å²) in [5.74, 6) is 0.0844. The largest absolute Gasteiger partial charge is 0.490 e. The van der Waals surface area contributed by atoms with Crippen molar-refractivity contribution in [1.82, 2.24) is 0 Å². The molecule has 8 heteroatoms. The van der Waals surface area contributed by atoms with Crippen molar-refractivity contribution in [2.24, 2.45) is 0 Å². The number of methoxy groups -OCH3 is 1. The Bertz CT molecular complexity index is 619. The van der Waals surface area contributed by atoms with Crippen LogP contribution in [0.5, 0.6) is 5.75 Å². The van der Waals surface area contributed by atoms with E-state index in [1.165, 1.54) is 25.3 Å². The van der Waals surface area contributed by atoms with Gasteiger partial charge in [-0.25, -0.2) is 8.42 Å². The lowest BCUT2D eigenvalue weighted by atomic mass is 10.1. The first-order valence-corrected chi connectivity index (χ1v) is 7.66. The molecule has 0 spiro atoms. The molecule has 0 saturated carbocycles. The van der Waals surface area contributed by atoms with Crippen LogP contribution >= 0.6 is 0 Å². The Morgan fingerprint density at radius 3 is 2.20 bits per heavy atom. The van der Waals surface area contributed by atoms with Gasteiger partial charge in [-0.15, -0.1) is 0 Å². The van der Waals surface area contributed by atoms with E-state index in [0.717, 1.165) is 10.6 Å². The molecule has 0 aliphatic heterocycles. The summed E-state index contributed by atoms with van der Waals surface area (Å²) < 4.78 is 29.9. The number of anilines is 1. The molecule has 20 heavy (non-hydrogen) atoms. The maximum absolute atomic E-state index is 11.9. The van der Waals surface area contributed by atoms with Crippen LogP contribution in [0.4, 0.5) is 11.4 Å². The third-order valence-corrected chi connectivity index (χ3v) is 3.96. The third kappa shape index (κ3) is 3.38. The molecule has 0 radical (unpaired) electrons. The SMILES string of the molecule is COc1ccc(N(C(C)(C)C)S(C)(=O)=O)cc1[N+](=O)[O-]. The minimum Gasteiger partial charge on any atom is -0.490 e. The average molecular weight is 302 g/mol. The van der Waals surface area contributed by atoms with Crippen LogP contribution in [0.25, 0.3) is 0 Å². The highest BCUT2D eigenvalue weighted by Crippen LogP contribution is 2.35. The lowest BCUT2D eigenvalue weighted by Gasteiger charge is -2.35. The highest BCUT2D eigenvalue weighted by molar-refractivity contribution is 7.92. The van der Waals surface area contributed by atoms with E-state index in [1.54, 1.807) is 20.8 Å². The first-order chi connectivity index (χ1) is 8.98. The van der Waals surface area contributed by atoms with Crippen molar-refractivity contribution < 1.29 is 18.1 Å². The summed E-state index contributed by atoms with van der Waals surface area (Å²) in [6.45, 7) is 5.14. The molecule has 1 aromatic carbocycles. The number of nitrogens with zero attached hydrogens (tertiary/aromatic N) is 2. The summed E-state index contributed by atoms with van der Waals surface area (Å²) in [6.07, 6.45) is 1.06. The van der Waals surface area contributed by atoms with Crippen LogP contribution in [-0.2, 0) is 10.0 Å². The minimum absolute atomic E-state index is 0.0844. The zero-order chi connectivity index (χ0) is 15.7. The van der Waals surface area contributed by atoms with Crippen LogP contribution in [0.1, 0.15) is 20.8 Å². The fourth-order valence-electron chi connectivity index (χ4n) is 2.02. The second kappa shape index (κ2) is 5.28. The molecule has 0 bridgehead atoms. The number of benzene rings is 1. The van der Waals surface area contributed by atoms with Crippen LogP contribution in [0.15, 0.2) is 18.2 Å². The van der Waals surface area contributed by atoms with Gasteiger partial charge in [0.25, 0.3) is 0 Å². The molecule has 0 unspecified atom stereocenters. The summed E-state index contributed by atoms with van der Waals surface area (Å²) in [5, 5.41) is 11.0. The molecular weight excluding hydrogens is 284 g/mol. The van der Waals surface area contributed by atoms with E-state index in [1.807, 2.05) is 0 Å². The molecule has 0 aromatic heterocycles. The van der Waals surface area contributed by atoms with Gasteiger partial charge >= 0.3 is 5.69 Å². The van der Waals surface area contributed by atoms with Gasteiger partial charge in [0.05, 0.1) is 24.0 Å². The lowest BCUT2D eigenvalue weighted by molar-refractivity contribution is -0.385. The van der Waals surface area contributed by atoms with E-state index in [0.29, 0.717) is 0 Å². The molecule has 7 nitrogen and oxygen atoms in total. The van der Waals surface area contributed by atoms with Gasteiger partial charge in [-0.05, 0) is 32.9 Å². The third-order valence-electron chi connectivity index (χ3n) is 2.53. The standard InChI is InChI=1S/C12H18N2O5S/c1-12(2,3)13(20(5,17)18)9-6-7-11(19-4)10(8-9)14(15)16/h6-8H,1-5H3. The normalized spacial score (nSPS) is 12.1. The summed E-state index contributed by atoms with van der Waals surface area (Å²) in [5.41, 5.74) is -0.786. The summed E-state index contributed by atoms with van der Waals surface area (Å²) in [6, 6.07) is 4.07. The van der Waals surface area contributed by atoms with E-state index in [4.69, 9.17) is 4.74 Å². The van der Waals surface area contributed by atoms with Gasteiger partial charge in [0.15, 0.2) is 5.75 Å². The molecule has 0 amide bonds. The van der Waals surface area contributed by atoms with Crippen molar-refractivity contribution in [3.63, 3.8) is 0 Å². The van der Waals surface area contributed by atoms with E-state index in [2.05, 4.69) is 0 Å². The smallest absolute Gasteiger partial charge is 0.313 e. The first kappa shape index (κ1) is 16.2. The van der Waals surface area contributed by atoms with Crippen molar-refractivity contribution in [2.45, 2.75) is 26.3 Å². The summed E-state index contributed by atoms with van der Waals surface area (Å²) in [4.78, 5) is 10.4. The monoisotopic (exact) mass is 302 g/mol. The second-order valence-electron chi connectivity index (χ2n) is 5.31. The van der Waals surface area contributed by atoms with Gasteiger partial charge in [-0.3, -0.25) is 14.4 Å². The van der Waals surface area contributed by atoms with Crippen LogP contribution < -0.4 is 9.04 Å². The number of hydrogen-bond donors (Lipinski definition) is 0. The van der Waals surface area contributed by atoms with E-state index < -0.39 is 20.5 Å². The van der Waals surface area contributed by atoms with E-state index in [-0.39, 0.29) is 17.1 Å². The van der Waals surface area contributed by atoms with Gasteiger partial charge in [0.1, 0.15) is 0 Å². The number of nitro benzene ring substituents is 1. The van der Waals surface area contributed by atoms with Crippen LogP contribution in [0.3, 0.4) is 0 Å². The Hall–Kier alpha value is -1.83. The zero-order valence-electron chi connectivity index (χ0n) is 12.1. The number of ether oxygens (including phenoxy) is 1. The Balaban J connectivity index is 3.52. The molecular formula is C12H18N2O5S. The van der Waals surface area contributed by atoms with Gasteiger partial charge < -0.3 is 4.74 Å². The number of rotatable bonds is 4. The molecule has 0 fully saturated rings. The first-order valence-electron chi connectivity index (χ1n) is 5.81. The molecule has 0 saturated heterocycles. The predicted octanol–water partition coefficient (Wildman–Crippen LogP) is 2.17. The number of hydrogen-bond acceptors (Lipinski definition) is 5. The van der Waals surface area contributed by atoms with Crippen LogP contribution in [0.2, 0.25) is 0 Å². The molecule has 0 atom stereocenters. The molecule has 0 N–H and O–H groups in total. The second-order valence-corrected chi connectivity index (χ2v) is 7.14. The quantitative estimate of drug-likeness (QED) is 0.628. The Morgan fingerprint density at radius 2 is 1.85 bits per heavy atom. The zero-order valence-corrected chi connectivity index (χ0v) is 12.9. The summed E-state index contributed by atoms with van der Waals surface area (Å²) in [7, 11) is -2.25. The van der Waals surface area contributed by atoms with Gasteiger partial charge in [0, 0.05) is 11.6 Å². The average Bonchev–Trinajstić information content (AvgIpc) is 2.24. The number of sulfonamides is 1. The fourth-order valence-corrected chi connectivity index (χ4v) is 3.52. The topological polar surface area (TPSA) is 89.8 Å². The van der Waals surface area contributed by atoms with Crippen LogP contribution in [0, 0.1) is 10.1 Å². The Labute approximate surface area is 118 Å². The van der Waals surface area contributed by atoms with Gasteiger partial charge in [0.2, 0.25) is 10.0 Å². The predicted molar refractivity (Wildman–Crippen MR) is 76.7 cm³/mol. The van der Waals surface area contributed by atoms with Crippen molar-refractivity contribution >= 4 is 21.4 Å². The molecule has 112 valence electrons. The maximum Gasteiger partial charge on any atom is 0.313 e. The minimum atomic E-state index is -3.57. The van der Waals surface area contributed by atoms with Crippen molar-refractivity contribution in [2.75, 3.05) is 17.7 Å². The lowest BCUT2D eigenvalue weighted by Crippen LogP contribution is -2.45. The highest BCUT2D eigenvalue weighted by Gasteiger charge is 2.31. The van der Waals surface area contributed by atoms with Gasteiger partial charge in [-0.1, -0.05) is 0 Å². The number of nitro groups is 1. The molecule has 1 aromatic rings. The van der Waals surface area contributed by atoms with Gasteiger partial charge in [-0.2, -0.15) is 0 Å². The van der Waals surface area contributed by atoms with Crippen LogP contribution in [-0.4, -0.2) is 32.2 Å². The molecule has 0 heterocycles. The molecule has 0 aliphatic carbocycles. The van der Waals surface area contributed by atoms with Crippen molar-refractivity contribution in [3.05, 3.63) is 28.3 Å². The van der Waals surface area contributed by atoms with E-state index in [9.17, 15) is 18.5 Å². The van der Waals surface area contributed by atoms with Crippen molar-refractivity contribution in [3.8, 4) is 5.75 Å². The highest BCUT2D eigenvalue weighted by atomic mass is 32.2. The fraction of sp³-hybridized carbons (Fsp3) is 0.500.